The molecule has 0 unspecified atom stereocenters. The van der Waals surface area contributed by atoms with Crippen LogP contribution in [0.3, 0.4) is 0 Å². The van der Waals surface area contributed by atoms with Gasteiger partial charge in [0.25, 0.3) is 0 Å². The molecule has 1 aromatic heterocycles. The molecule has 1 saturated carbocycles. The first-order valence-electron chi connectivity index (χ1n) is 6.48. The average molecular weight is 251 g/mol. The monoisotopic (exact) mass is 251 g/mol. The molecule has 0 spiro atoms. The first-order valence-corrected chi connectivity index (χ1v) is 6.48. The highest BCUT2D eigenvalue weighted by Crippen LogP contribution is 2.25. The topological polar surface area (TPSA) is 76.2 Å². The molecule has 6 nitrogen and oxygen atoms in total. The number of aromatic nitrogens is 2. The molecule has 1 heterocycles. The maximum absolute atomic E-state index is 11.6. The number of hydrogen-bond donors (Lipinski definition) is 2. The molecule has 18 heavy (non-hydrogen) atoms. The van der Waals surface area contributed by atoms with Crippen molar-refractivity contribution in [3.63, 3.8) is 0 Å². The molecule has 0 atom stereocenters. The summed E-state index contributed by atoms with van der Waals surface area (Å²) in [6.07, 6.45) is 4.31. The van der Waals surface area contributed by atoms with Gasteiger partial charge in [0.05, 0.1) is 0 Å². The van der Waals surface area contributed by atoms with Crippen LogP contribution in [-0.4, -0.2) is 46.3 Å². The zero-order valence-electron chi connectivity index (χ0n) is 10.8. The predicted molar refractivity (Wildman–Crippen MR) is 69.9 cm³/mol. The molecule has 0 aliphatic heterocycles. The molecule has 1 aromatic rings. The van der Waals surface area contributed by atoms with E-state index in [1.807, 2.05) is 0 Å². The largest absolute Gasteiger partial charge is 0.382 e. The van der Waals surface area contributed by atoms with E-state index >= 15 is 0 Å². The fourth-order valence-corrected chi connectivity index (χ4v) is 2.05. The first-order chi connectivity index (χ1) is 8.69. The second-order valence-electron chi connectivity index (χ2n) is 4.65. The lowest BCUT2D eigenvalue weighted by Gasteiger charge is -2.19. The zero-order valence-corrected chi connectivity index (χ0v) is 10.8. The van der Waals surface area contributed by atoms with E-state index in [0.29, 0.717) is 12.4 Å². The van der Waals surface area contributed by atoms with E-state index in [9.17, 15) is 4.79 Å². The van der Waals surface area contributed by atoms with Crippen LogP contribution in [0.4, 0.5) is 5.82 Å². The number of anilines is 1. The maximum atomic E-state index is 11.6. The lowest BCUT2D eigenvalue weighted by Crippen LogP contribution is -2.37. The summed E-state index contributed by atoms with van der Waals surface area (Å²) >= 11 is 0. The molecule has 0 radical (unpaired) electrons. The summed E-state index contributed by atoms with van der Waals surface area (Å²) in [5, 5.41) is 6.88. The van der Waals surface area contributed by atoms with Gasteiger partial charge in [0.1, 0.15) is 12.4 Å². The van der Waals surface area contributed by atoms with Crippen molar-refractivity contribution >= 4 is 11.7 Å². The molecular formula is C12H21N5O. The highest BCUT2D eigenvalue weighted by molar-refractivity contribution is 5.75. The summed E-state index contributed by atoms with van der Waals surface area (Å²) in [7, 11) is 0. The van der Waals surface area contributed by atoms with Gasteiger partial charge in [-0.25, -0.2) is 0 Å². The zero-order chi connectivity index (χ0) is 13.0. The third-order valence-electron chi connectivity index (χ3n) is 3.16. The van der Waals surface area contributed by atoms with Gasteiger partial charge in [0, 0.05) is 25.3 Å². The number of nitrogens with zero attached hydrogens (tertiary/aromatic N) is 3. The Kier molecular flexibility index (Phi) is 4.19. The molecule has 2 rings (SSSR count). The molecule has 0 aromatic carbocycles. The number of amides is 1. The second-order valence-corrected chi connectivity index (χ2v) is 4.65. The molecule has 1 amide bonds. The fourth-order valence-electron chi connectivity index (χ4n) is 2.05. The van der Waals surface area contributed by atoms with Crippen molar-refractivity contribution in [2.75, 3.05) is 25.4 Å². The normalized spacial score (nSPS) is 15.0. The third-order valence-corrected chi connectivity index (χ3v) is 3.16. The number of nitrogens with two attached hydrogens (primary N) is 1. The van der Waals surface area contributed by atoms with E-state index in [1.54, 1.807) is 16.9 Å². The average Bonchev–Trinajstić information content (AvgIpc) is 3.09. The van der Waals surface area contributed by atoms with Crippen molar-refractivity contribution in [2.24, 2.45) is 0 Å². The first kappa shape index (κ1) is 12.9. The third kappa shape index (κ3) is 3.73. The van der Waals surface area contributed by atoms with Gasteiger partial charge in [0.15, 0.2) is 0 Å². The van der Waals surface area contributed by atoms with Crippen LogP contribution in [0.25, 0.3) is 0 Å². The molecular weight excluding hydrogens is 230 g/mol. The molecule has 100 valence electrons. The fraction of sp³-hybridized carbons (Fsp3) is 0.667. The Morgan fingerprint density at radius 1 is 1.67 bits per heavy atom. The van der Waals surface area contributed by atoms with Gasteiger partial charge in [-0.2, -0.15) is 5.10 Å². The van der Waals surface area contributed by atoms with E-state index in [2.05, 4.69) is 22.2 Å². The van der Waals surface area contributed by atoms with Crippen LogP contribution in [0, 0.1) is 0 Å². The van der Waals surface area contributed by atoms with Crippen molar-refractivity contribution in [2.45, 2.75) is 32.4 Å². The molecule has 3 N–H and O–H groups in total. The lowest BCUT2D eigenvalue weighted by molar-refractivity contribution is -0.121. The Morgan fingerprint density at radius 3 is 3.00 bits per heavy atom. The quantitative estimate of drug-likeness (QED) is 0.719. The van der Waals surface area contributed by atoms with Crippen LogP contribution < -0.4 is 11.1 Å². The standard InChI is InChI=1S/C12H21N5O/c1-2-16(10-3-4-10)8-6-14-12(18)9-17-7-5-11(13)15-17/h5,7,10H,2-4,6,8-9H2,1H3,(H2,13,15)(H,14,18). The molecule has 1 aliphatic rings. The van der Waals surface area contributed by atoms with Crippen LogP contribution in [0.15, 0.2) is 12.3 Å². The van der Waals surface area contributed by atoms with Gasteiger partial charge in [-0.15, -0.1) is 0 Å². The van der Waals surface area contributed by atoms with Crippen molar-refractivity contribution in [1.82, 2.24) is 20.0 Å². The number of carbonyl (C=O) groups excluding carboxylic acids is 1. The summed E-state index contributed by atoms with van der Waals surface area (Å²) in [4.78, 5) is 14.1. The van der Waals surface area contributed by atoms with Crippen molar-refractivity contribution in [1.29, 1.82) is 0 Å². The Balaban J connectivity index is 1.65. The van der Waals surface area contributed by atoms with Crippen molar-refractivity contribution in [3.05, 3.63) is 12.3 Å². The lowest BCUT2D eigenvalue weighted by atomic mass is 10.4. The summed E-state index contributed by atoms with van der Waals surface area (Å²) in [6, 6.07) is 2.43. The summed E-state index contributed by atoms with van der Waals surface area (Å²) in [6.45, 7) is 5.06. The Labute approximate surface area is 107 Å². The molecule has 6 heteroatoms. The number of nitrogens with one attached hydrogen (secondary N) is 1. The van der Waals surface area contributed by atoms with Crippen LogP contribution in [0.2, 0.25) is 0 Å². The number of carbonyl (C=O) groups is 1. The predicted octanol–water partition coefficient (Wildman–Crippen LogP) is 0.0658. The Morgan fingerprint density at radius 2 is 2.44 bits per heavy atom. The van der Waals surface area contributed by atoms with E-state index in [-0.39, 0.29) is 12.5 Å². The number of likely N-dealkylation sites (N-methyl/N-ethyl adjacent to an activating group) is 1. The SMILES string of the molecule is CCN(CCNC(=O)Cn1ccc(N)n1)C1CC1. The van der Waals surface area contributed by atoms with E-state index < -0.39 is 0 Å². The van der Waals surface area contributed by atoms with Crippen molar-refractivity contribution in [3.8, 4) is 0 Å². The Hall–Kier alpha value is -1.56. The van der Waals surface area contributed by atoms with E-state index in [1.165, 1.54) is 12.8 Å². The Bertz CT molecular complexity index is 399. The smallest absolute Gasteiger partial charge is 0.241 e. The highest BCUT2D eigenvalue weighted by Gasteiger charge is 2.27. The number of hydrogen-bond acceptors (Lipinski definition) is 4. The van der Waals surface area contributed by atoms with Gasteiger partial charge >= 0.3 is 0 Å². The molecule has 1 aliphatic carbocycles. The minimum absolute atomic E-state index is 0.0232. The minimum Gasteiger partial charge on any atom is -0.382 e. The van der Waals surface area contributed by atoms with Crippen molar-refractivity contribution < 1.29 is 4.79 Å². The van der Waals surface area contributed by atoms with Crippen LogP contribution in [0.1, 0.15) is 19.8 Å². The highest BCUT2D eigenvalue weighted by atomic mass is 16.2. The van der Waals surface area contributed by atoms with Crippen LogP contribution in [0.5, 0.6) is 0 Å². The number of rotatable bonds is 7. The molecule has 0 bridgehead atoms. The van der Waals surface area contributed by atoms with Gasteiger partial charge in [-0.3, -0.25) is 14.4 Å². The maximum Gasteiger partial charge on any atom is 0.241 e. The van der Waals surface area contributed by atoms with Gasteiger partial charge in [0.2, 0.25) is 5.91 Å². The minimum atomic E-state index is -0.0232. The van der Waals surface area contributed by atoms with Crippen LogP contribution in [-0.2, 0) is 11.3 Å². The summed E-state index contributed by atoms with van der Waals surface area (Å²) in [5.74, 6) is 0.415. The number of nitrogen functional groups attached to an aromatic ring is 1. The summed E-state index contributed by atoms with van der Waals surface area (Å²) in [5.41, 5.74) is 5.48. The van der Waals surface area contributed by atoms with E-state index in [4.69, 9.17) is 5.73 Å². The summed E-state index contributed by atoms with van der Waals surface area (Å²) < 4.78 is 1.54. The molecule has 0 saturated heterocycles. The van der Waals surface area contributed by atoms with Gasteiger partial charge in [-0.05, 0) is 25.5 Å². The molecule has 1 fully saturated rings. The van der Waals surface area contributed by atoms with E-state index in [0.717, 1.165) is 19.1 Å². The van der Waals surface area contributed by atoms with Crippen LogP contribution >= 0.6 is 0 Å². The second kappa shape index (κ2) is 5.86. The van der Waals surface area contributed by atoms with Gasteiger partial charge in [-0.1, -0.05) is 6.92 Å². The van der Waals surface area contributed by atoms with Gasteiger partial charge < -0.3 is 11.1 Å².